The molecule has 1 aromatic heterocycles. The van der Waals surface area contributed by atoms with Gasteiger partial charge in [0.25, 0.3) is 5.69 Å². The molecule has 0 spiro atoms. The highest BCUT2D eigenvalue weighted by molar-refractivity contribution is 8.01. The number of benzene rings is 1. The third-order valence-electron chi connectivity index (χ3n) is 3.18. The van der Waals surface area contributed by atoms with Gasteiger partial charge in [0.15, 0.2) is 0 Å². The Bertz CT molecular complexity index is 820. The van der Waals surface area contributed by atoms with Gasteiger partial charge in [-0.25, -0.2) is 0 Å². The van der Waals surface area contributed by atoms with E-state index in [-0.39, 0.29) is 11.4 Å². The van der Waals surface area contributed by atoms with Gasteiger partial charge in [-0.1, -0.05) is 13.8 Å². The molecule has 2 aromatic rings. The summed E-state index contributed by atoms with van der Waals surface area (Å²) in [6, 6.07) is 5.43. The zero-order valence-electron chi connectivity index (χ0n) is 13.6. The number of nitro groups is 2. The predicted octanol–water partition coefficient (Wildman–Crippen LogP) is 4.68. The molecule has 0 bridgehead atoms. The number of hydrogen-bond donors (Lipinski definition) is 1. The summed E-state index contributed by atoms with van der Waals surface area (Å²) >= 11 is 3.42. The van der Waals surface area contributed by atoms with Crippen LogP contribution in [0, 0.1) is 20.2 Å². The first-order chi connectivity index (χ1) is 12.0. The van der Waals surface area contributed by atoms with Gasteiger partial charge in [0.05, 0.1) is 26.3 Å². The topological polar surface area (TPSA) is 111 Å². The Balaban J connectivity index is 2.23. The quantitative estimate of drug-likeness (QED) is 0.308. The molecule has 0 saturated heterocycles. The molecule has 132 valence electrons. The van der Waals surface area contributed by atoms with E-state index < -0.39 is 15.5 Å². The van der Waals surface area contributed by atoms with Crippen molar-refractivity contribution in [3.63, 3.8) is 0 Å². The van der Waals surface area contributed by atoms with E-state index in [4.69, 9.17) is 0 Å². The molecule has 8 nitrogen and oxygen atoms in total. The number of nitrogens with one attached hydrogen (secondary N) is 1. The maximum absolute atomic E-state index is 11.1. The van der Waals surface area contributed by atoms with Gasteiger partial charge in [0.1, 0.15) is 5.69 Å². The lowest BCUT2D eigenvalue weighted by Crippen LogP contribution is -1.98. The minimum atomic E-state index is -0.678. The van der Waals surface area contributed by atoms with Gasteiger partial charge in [0, 0.05) is 16.5 Å². The number of thioether (sulfide) groups is 1. The summed E-state index contributed by atoms with van der Waals surface area (Å²) in [6.07, 6.45) is 2.54. The Labute approximate surface area is 152 Å². The van der Waals surface area contributed by atoms with Crippen LogP contribution in [0.3, 0.4) is 0 Å². The number of nitro benzene ring substituents is 2. The van der Waals surface area contributed by atoms with E-state index in [0.29, 0.717) is 0 Å². The van der Waals surface area contributed by atoms with Crippen molar-refractivity contribution >= 4 is 46.4 Å². The molecule has 0 fully saturated rings. The Morgan fingerprint density at radius 2 is 2.00 bits per heavy atom. The molecule has 0 radical (unpaired) electrons. The van der Waals surface area contributed by atoms with Crippen LogP contribution < -0.4 is 5.43 Å². The van der Waals surface area contributed by atoms with Crippen molar-refractivity contribution in [2.24, 2.45) is 5.10 Å². The van der Waals surface area contributed by atoms with Crippen LogP contribution in [0.1, 0.15) is 24.3 Å². The standard InChI is InChI=1S/C15H16N4O4S2/c1-3-12-7-10(15(25-12)24-4-2)9-16-17-13-6-5-11(18(20)21)8-14(13)19(22)23/h5-9,17H,3-4H2,1-2H3/b16-9-. The molecule has 1 aromatic carbocycles. The highest BCUT2D eigenvalue weighted by Gasteiger charge is 2.19. The fourth-order valence-corrected chi connectivity index (χ4v) is 4.25. The smallest absolute Gasteiger partial charge is 0.272 e. The first kappa shape index (κ1) is 18.9. The van der Waals surface area contributed by atoms with Crippen molar-refractivity contribution in [1.82, 2.24) is 0 Å². The SMILES string of the molecule is CCSc1sc(CC)cc1/C=N\Nc1ccc([N+](=O)[O-])cc1[N+](=O)[O-]. The lowest BCUT2D eigenvalue weighted by atomic mass is 10.2. The van der Waals surface area contributed by atoms with Crippen molar-refractivity contribution in [2.75, 3.05) is 11.2 Å². The number of aryl methyl sites for hydroxylation is 1. The van der Waals surface area contributed by atoms with Crippen molar-refractivity contribution < 1.29 is 9.85 Å². The van der Waals surface area contributed by atoms with Crippen LogP contribution in [0.4, 0.5) is 17.1 Å². The maximum atomic E-state index is 11.1. The van der Waals surface area contributed by atoms with Gasteiger partial charge in [0.2, 0.25) is 0 Å². The number of hydrogen-bond acceptors (Lipinski definition) is 8. The molecular formula is C15H16N4O4S2. The number of rotatable bonds is 8. The normalized spacial score (nSPS) is 11.0. The van der Waals surface area contributed by atoms with Crippen LogP contribution in [-0.2, 0) is 6.42 Å². The molecule has 1 N–H and O–H groups in total. The van der Waals surface area contributed by atoms with Gasteiger partial charge in [-0.3, -0.25) is 25.7 Å². The molecular weight excluding hydrogens is 364 g/mol. The molecule has 10 heteroatoms. The average molecular weight is 380 g/mol. The first-order valence-electron chi connectivity index (χ1n) is 7.43. The average Bonchev–Trinajstić information content (AvgIpc) is 2.97. The third-order valence-corrected chi connectivity index (χ3v) is 5.66. The summed E-state index contributed by atoms with van der Waals surface area (Å²) in [5.41, 5.74) is 2.92. The largest absolute Gasteiger partial charge is 0.301 e. The molecule has 0 atom stereocenters. The molecule has 0 amide bonds. The third kappa shape index (κ3) is 4.77. The molecule has 0 unspecified atom stereocenters. The second-order valence-corrected chi connectivity index (χ2v) is 7.50. The number of nitrogens with zero attached hydrogens (tertiary/aromatic N) is 3. The van der Waals surface area contributed by atoms with E-state index in [9.17, 15) is 20.2 Å². The van der Waals surface area contributed by atoms with E-state index in [1.54, 1.807) is 29.3 Å². The zero-order valence-corrected chi connectivity index (χ0v) is 15.2. The van der Waals surface area contributed by atoms with Crippen LogP contribution >= 0.6 is 23.1 Å². The maximum Gasteiger partial charge on any atom is 0.301 e. The number of hydrazone groups is 1. The molecule has 0 aliphatic rings. The summed E-state index contributed by atoms with van der Waals surface area (Å²) in [4.78, 5) is 21.7. The lowest BCUT2D eigenvalue weighted by molar-refractivity contribution is -0.393. The Kier molecular flexibility index (Phi) is 6.48. The number of anilines is 1. The second-order valence-electron chi connectivity index (χ2n) is 4.83. The molecule has 0 aliphatic heterocycles. The number of non-ortho nitro benzene ring substituents is 1. The lowest BCUT2D eigenvalue weighted by Gasteiger charge is -2.02. The predicted molar refractivity (Wildman–Crippen MR) is 101 cm³/mol. The highest BCUT2D eigenvalue weighted by atomic mass is 32.2. The van der Waals surface area contributed by atoms with Crippen molar-refractivity contribution in [2.45, 2.75) is 24.5 Å². The molecule has 0 saturated carbocycles. The monoisotopic (exact) mass is 380 g/mol. The van der Waals surface area contributed by atoms with E-state index in [1.807, 2.05) is 6.07 Å². The molecule has 0 aliphatic carbocycles. The van der Waals surface area contributed by atoms with Gasteiger partial charge in [-0.2, -0.15) is 5.10 Å². The molecule has 1 heterocycles. The molecule has 2 rings (SSSR count). The van der Waals surface area contributed by atoms with E-state index in [2.05, 4.69) is 24.4 Å². The zero-order chi connectivity index (χ0) is 18.4. The summed E-state index contributed by atoms with van der Waals surface area (Å²) in [5.74, 6) is 0.936. The van der Waals surface area contributed by atoms with Crippen LogP contribution in [0.5, 0.6) is 0 Å². The van der Waals surface area contributed by atoms with Crippen LogP contribution in [-0.4, -0.2) is 21.8 Å². The Morgan fingerprint density at radius 3 is 2.60 bits per heavy atom. The summed E-state index contributed by atoms with van der Waals surface area (Å²) in [6.45, 7) is 4.14. The fourth-order valence-electron chi connectivity index (χ4n) is 2.00. The minimum absolute atomic E-state index is 0.0995. The van der Waals surface area contributed by atoms with Crippen LogP contribution in [0.2, 0.25) is 0 Å². The minimum Gasteiger partial charge on any atom is -0.272 e. The van der Waals surface area contributed by atoms with E-state index in [0.717, 1.165) is 28.0 Å². The van der Waals surface area contributed by atoms with Gasteiger partial charge < -0.3 is 0 Å². The van der Waals surface area contributed by atoms with Gasteiger partial charge >= 0.3 is 5.69 Å². The molecule has 25 heavy (non-hydrogen) atoms. The number of thiophene rings is 1. The van der Waals surface area contributed by atoms with Crippen LogP contribution in [0.25, 0.3) is 0 Å². The van der Waals surface area contributed by atoms with Gasteiger partial charge in [-0.15, -0.1) is 23.1 Å². The second kappa shape index (κ2) is 8.58. The van der Waals surface area contributed by atoms with E-state index >= 15 is 0 Å². The van der Waals surface area contributed by atoms with E-state index in [1.165, 1.54) is 17.0 Å². The Morgan fingerprint density at radius 1 is 1.24 bits per heavy atom. The van der Waals surface area contributed by atoms with Crippen molar-refractivity contribution in [3.8, 4) is 0 Å². The first-order valence-corrected chi connectivity index (χ1v) is 9.23. The highest BCUT2D eigenvalue weighted by Crippen LogP contribution is 2.32. The van der Waals surface area contributed by atoms with Crippen molar-refractivity contribution in [1.29, 1.82) is 0 Å². The summed E-state index contributed by atoms with van der Waals surface area (Å²) in [5, 5.41) is 25.9. The Hall–Kier alpha value is -2.46. The summed E-state index contributed by atoms with van der Waals surface area (Å²) < 4.78 is 1.14. The van der Waals surface area contributed by atoms with Gasteiger partial charge in [-0.05, 0) is 24.3 Å². The van der Waals surface area contributed by atoms with Crippen LogP contribution in [0.15, 0.2) is 33.6 Å². The fraction of sp³-hybridized carbons (Fsp3) is 0.267. The summed E-state index contributed by atoms with van der Waals surface area (Å²) in [7, 11) is 0. The van der Waals surface area contributed by atoms with Crippen molar-refractivity contribution in [3.05, 3.63) is 54.9 Å².